The van der Waals surface area contributed by atoms with Crippen LogP contribution in [0.25, 0.3) is 11.0 Å². The van der Waals surface area contributed by atoms with Crippen molar-refractivity contribution in [3.63, 3.8) is 0 Å². The molecule has 0 radical (unpaired) electrons. The summed E-state index contributed by atoms with van der Waals surface area (Å²) in [5.41, 5.74) is 1.64. The van der Waals surface area contributed by atoms with E-state index < -0.39 is 5.60 Å². The molecule has 0 amide bonds. The summed E-state index contributed by atoms with van der Waals surface area (Å²) in [5, 5.41) is 0. The fourth-order valence-corrected chi connectivity index (χ4v) is 5.49. The number of imidazole rings is 1. The van der Waals surface area contributed by atoms with Crippen molar-refractivity contribution >= 4 is 11.0 Å². The molecule has 0 aliphatic carbocycles. The predicted molar refractivity (Wildman–Crippen MR) is 154 cm³/mol. The van der Waals surface area contributed by atoms with Crippen LogP contribution in [-0.2, 0) is 15.1 Å². The second-order valence-electron chi connectivity index (χ2n) is 10.4. The molecule has 1 aliphatic heterocycles. The number of nitrogens with one attached hydrogen (secondary N) is 1. The zero-order chi connectivity index (χ0) is 26.5. The molecule has 0 saturated carbocycles. The maximum Gasteiger partial charge on any atom is 0.139 e. The van der Waals surface area contributed by atoms with Crippen LogP contribution < -0.4 is 0 Å². The van der Waals surface area contributed by atoms with E-state index in [1.807, 2.05) is 0 Å². The Labute approximate surface area is 225 Å². The summed E-state index contributed by atoms with van der Waals surface area (Å²) < 4.78 is 13.5. The molecule has 0 spiro atoms. The second kappa shape index (κ2) is 15.8. The number of aromatic nitrogens is 2. The van der Waals surface area contributed by atoms with Gasteiger partial charge >= 0.3 is 0 Å². The monoisotopic (exact) mass is 515 g/mol. The fraction of sp³-hybridized carbons (Fsp3) is 0.767. The number of fused-ring (bicyclic) bond motifs is 1. The molecule has 3 rings (SSSR count). The largest absolute Gasteiger partial charge is 0.367 e. The normalized spacial score (nSPS) is 21.0. The van der Waals surface area contributed by atoms with Gasteiger partial charge in [0, 0.05) is 45.8 Å². The molecule has 210 valence electrons. The minimum atomic E-state index is -0.450. The van der Waals surface area contributed by atoms with Crippen LogP contribution in [0.2, 0.25) is 0 Å². The van der Waals surface area contributed by atoms with E-state index in [1.165, 1.54) is 12.8 Å². The summed E-state index contributed by atoms with van der Waals surface area (Å²) >= 11 is 0. The lowest BCUT2D eigenvalue weighted by molar-refractivity contribution is -0.175. The number of nitrogens with zero attached hydrogens (tertiary/aromatic N) is 4. The standard InChI is InChI=1S/C30H53N5O2/c1-6-11-21-35-22-18-30(37-24-15-20-34(9-4)10-5,29-31-26-16-12-13-17-27(26)32-29)25-28(35)36-23-14-19-33(7-2)8-3/h12-13,16-17,28H,6-11,14-15,18-25H2,1-5H3,(H,31,32). The van der Waals surface area contributed by atoms with Crippen molar-refractivity contribution < 1.29 is 9.47 Å². The average molecular weight is 516 g/mol. The third kappa shape index (κ3) is 8.49. The van der Waals surface area contributed by atoms with Crippen LogP contribution in [0.4, 0.5) is 0 Å². The van der Waals surface area contributed by atoms with Gasteiger partial charge in [0.05, 0.1) is 11.0 Å². The number of aromatic amines is 1. The molecular formula is C30H53N5O2. The van der Waals surface area contributed by atoms with Gasteiger partial charge in [-0.15, -0.1) is 0 Å². The van der Waals surface area contributed by atoms with Gasteiger partial charge in [0.2, 0.25) is 0 Å². The fourth-order valence-electron chi connectivity index (χ4n) is 5.49. The van der Waals surface area contributed by atoms with E-state index in [2.05, 4.69) is 78.6 Å². The molecule has 0 bridgehead atoms. The molecule has 2 aromatic rings. The van der Waals surface area contributed by atoms with Crippen molar-refractivity contribution in [1.29, 1.82) is 0 Å². The van der Waals surface area contributed by atoms with Gasteiger partial charge in [-0.05, 0) is 64.0 Å². The molecule has 2 unspecified atom stereocenters. The Bertz CT molecular complexity index is 849. The van der Waals surface area contributed by atoms with E-state index in [-0.39, 0.29) is 6.23 Å². The molecule has 1 aromatic heterocycles. The maximum atomic E-state index is 6.85. The smallest absolute Gasteiger partial charge is 0.139 e. The summed E-state index contributed by atoms with van der Waals surface area (Å²) in [6.07, 6.45) is 6.27. The van der Waals surface area contributed by atoms with Gasteiger partial charge in [-0.25, -0.2) is 4.98 Å². The van der Waals surface area contributed by atoms with Crippen LogP contribution in [-0.4, -0.2) is 96.5 Å². The van der Waals surface area contributed by atoms with Crippen LogP contribution in [0, 0.1) is 0 Å². The van der Waals surface area contributed by atoms with E-state index >= 15 is 0 Å². The molecule has 1 fully saturated rings. The third-order valence-electron chi connectivity index (χ3n) is 8.05. The van der Waals surface area contributed by atoms with Crippen molar-refractivity contribution in [2.24, 2.45) is 0 Å². The highest BCUT2D eigenvalue weighted by atomic mass is 16.5. The first kappa shape index (κ1) is 30.0. The lowest BCUT2D eigenvalue weighted by Crippen LogP contribution is -2.52. The van der Waals surface area contributed by atoms with E-state index in [9.17, 15) is 0 Å². The number of piperidine rings is 1. The molecule has 1 aromatic carbocycles. The number of likely N-dealkylation sites (tertiary alicyclic amines) is 1. The average Bonchev–Trinajstić information content (AvgIpc) is 3.38. The number of benzene rings is 1. The SMILES string of the molecule is CCCCN1CCC(OCCCN(CC)CC)(c2nc3ccccc3[nH]2)CC1OCCCN(CC)CC. The molecule has 37 heavy (non-hydrogen) atoms. The van der Waals surface area contributed by atoms with Gasteiger partial charge in [-0.3, -0.25) is 4.90 Å². The molecule has 7 nitrogen and oxygen atoms in total. The van der Waals surface area contributed by atoms with Crippen LogP contribution >= 0.6 is 0 Å². The van der Waals surface area contributed by atoms with E-state index in [0.717, 1.165) is 108 Å². The number of H-pyrrole nitrogens is 1. The highest BCUT2D eigenvalue weighted by molar-refractivity contribution is 5.74. The number of rotatable bonds is 18. The highest BCUT2D eigenvalue weighted by Gasteiger charge is 2.44. The summed E-state index contributed by atoms with van der Waals surface area (Å²) in [5.74, 6) is 0.962. The first-order chi connectivity index (χ1) is 18.1. The number of hydrogen-bond donors (Lipinski definition) is 1. The van der Waals surface area contributed by atoms with Crippen LogP contribution in [0.15, 0.2) is 24.3 Å². The maximum absolute atomic E-state index is 6.85. The number of hydrogen-bond acceptors (Lipinski definition) is 6. The lowest BCUT2D eigenvalue weighted by Gasteiger charge is -2.45. The van der Waals surface area contributed by atoms with Crippen molar-refractivity contribution in [2.45, 2.75) is 85.0 Å². The Hall–Kier alpha value is -1.51. The minimum Gasteiger partial charge on any atom is -0.367 e. The molecule has 1 aliphatic rings. The summed E-state index contributed by atoms with van der Waals surface area (Å²) in [7, 11) is 0. The van der Waals surface area contributed by atoms with E-state index in [1.54, 1.807) is 0 Å². The summed E-state index contributed by atoms with van der Waals surface area (Å²) in [6.45, 7) is 21.3. The Morgan fingerprint density at radius 3 is 2.27 bits per heavy atom. The number of unbranched alkanes of at least 4 members (excludes halogenated alkanes) is 1. The zero-order valence-corrected chi connectivity index (χ0v) is 24.3. The predicted octanol–water partition coefficient (Wildman–Crippen LogP) is 5.48. The molecule has 2 atom stereocenters. The number of ether oxygens (including phenoxy) is 2. The summed E-state index contributed by atoms with van der Waals surface area (Å²) in [6, 6.07) is 8.31. The molecule has 1 N–H and O–H groups in total. The highest BCUT2D eigenvalue weighted by Crippen LogP contribution is 2.39. The van der Waals surface area contributed by atoms with E-state index in [0.29, 0.717) is 0 Å². The van der Waals surface area contributed by atoms with Crippen molar-refractivity contribution in [1.82, 2.24) is 24.7 Å². The van der Waals surface area contributed by atoms with E-state index in [4.69, 9.17) is 14.5 Å². The van der Waals surface area contributed by atoms with Crippen LogP contribution in [0.3, 0.4) is 0 Å². The second-order valence-corrected chi connectivity index (χ2v) is 10.4. The van der Waals surface area contributed by atoms with Crippen molar-refractivity contribution in [3.8, 4) is 0 Å². The van der Waals surface area contributed by atoms with Gasteiger partial charge in [-0.1, -0.05) is 53.2 Å². The minimum absolute atomic E-state index is 0.0491. The van der Waals surface area contributed by atoms with Gasteiger partial charge in [0.1, 0.15) is 17.7 Å². The summed E-state index contributed by atoms with van der Waals surface area (Å²) in [4.78, 5) is 16.1. The van der Waals surface area contributed by atoms with Crippen molar-refractivity contribution in [2.75, 3.05) is 65.6 Å². The van der Waals surface area contributed by atoms with Gasteiger partial charge in [0.15, 0.2) is 0 Å². The molecule has 1 saturated heterocycles. The lowest BCUT2D eigenvalue weighted by atomic mass is 9.88. The van der Waals surface area contributed by atoms with Gasteiger partial charge in [0.25, 0.3) is 0 Å². The van der Waals surface area contributed by atoms with Crippen LogP contribution in [0.1, 0.15) is 79.0 Å². The Balaban J connectivity index is 1.76. The Morgan fingerprint density at radius 1 is 0.946 bits per heavy atom. The first-order valence-electron chi connectivity index (χ1n) is 15.0. The third-order valence-corrected chi connectivity index (χ3v) is 8.05. The molecule has 7 heteroatoms. The van der Waals surface area contributed by atoms with Crippen LogP contribution in [0.5, 0.6) is 0 Å². The van der Waals surface area contributed by atoms with Crippen molar-refractivity contribution in [3.05, 3.63) is 30.1 Å². The topological polar surface area (TPSA) is 56.9 Å². The molecule has 2 heterocycles. The quantitative estimate of drug-likeness (QED) is 0.266. The Kier molecular flexibility index (Phi) is 12.8. The molecular weight excluding hydrogens is 462 g/mol. The van der Waals surface area contributed by atoms with Gasteiger partial charge < -0.3 is 24.3 Å². The Morgan fingerprint density at radius 2 is 1.62 bits per heavy atom. The zero-order valence-electron chi connectivity index (χ0n) is 24.3. The number of para-hydroxylation sites is 2. The van der Waals surface area contributed by atoms with Gasteiger partial charge in [-0.2, -0.15) is 0 Å². The first-order valence-corrected chi connectivity index (χ1v) is 15.0.